The zero-order valence-corrected chi connectivity index (χ0v) is 18.2. The van der Waals surface area contributed by atoms with Crippen LogP contribution in [0.3, 0.4) is 0 Å². The van der Waals surface area contributed by atoms with Gasteiger partial charge in [-0.1, -0.05) is 24.3 Å². The lowest BCUT2D eigenvalue weighted by molar-refractivity contribution is 0.0696. The first-order chi connectivity index (χ1) is 15.6. The van der Waals surface area contributed by atoms with Crippen LogP contribution in [0.4, 0.5) is 0 Å². The van der Waals surface area contributed by atoms with Gasteiger partial charge < -0.3 is 28.8 Å². The van der Waals surface area contributed by atoms with Gasteiger partial charge in [0.15, 0.2) is 11.5 Å². The summed E-state index contributed by atoms with van der Waals surface area (Å²) in [5.74, 6) is 2.02. The molecule has 3 aromatic rings. The molecule has 0 saturated carbocycles. The summed E-state index contributed by atoms with van der Waals surface area (Å²) in [7, 11) is 4.72. The molecule has 3 aliphatic rings. The van der Waals surface area contributed by atoms with Crippen LogP contribution >= 0.6 is 0 Å². The Kier molecular flexibility index (Phi) is 4.23. The van der Waals surface area contributed by atoms with E-state index in [0.717, 1.165) is 16.6 Å². The summed E-state index contributed by atoms with van der Waals surface area (Å²) in [6, 6.07) is 12.0. The van der Waals surface area contributed by atoms with Gasteiger partial charge in [0, 0.05) is 29.5 Å². The highest BCUT2D eigenvalue weighted by Gasteiger charge is 2.51. The number of amides is 1. The Morgan fingerprint density at radius 3 is 2.69 bits per heavy atom. The van der Waals surface area contributed by atoms with Gasteiger partial charge in [-0.2, -0.15) is 0 Å². The fourth-order valence-electron chi connectivity index (χ4n) is 5.49. The highest BCUT2D eigenvalue weighted by atomic mass is 16.5. The van der Waals surface area contributed by atoms with Crippen molar-refractivity contribution in [1.82, 2.24) is 9.88 Å². The minimum Gasteiger partial charge on any atom is -0.493 e. The third kappa shape index (κ3) is 2.54. The molecular weight excluding hydrogens is 408 g/mol. The number of rotatable bonds is 4. The minimum atomic E-state index is -0.0556. The molecule has 6 rings (SSSR count). The maximum atomic E-state index is 13.7. The average Bonchev–Trinajstić information content (AvgIpc) is 3.53. The first-order valence-electron chi connectivity index (χ1n) is 10.7. The van der Waals surface area contributed by atoms with E-state index in [0.29, 0.717) is 47.5 Å². The lowest BCUT2D eigenvalue weighted by atomic mass is 9.82. The van der Waals surface area contributed by atoms with Gasteiger partial charge in [-0.25, -0.2) is 0 Å². The molecule has 3 atom stereocenters. The number of aromatic amines is 1. The van der Waals surface area contributed by atoms with Crippen LogP contribution in [0.25, 0.3) is 17.0 Å². The van der Waals surface area contributed by atoms with Crippen molar-refractivity contribution in [3.05, 3.63) is 58.9 Å². The number of carbonyl (C=O) groups is 1. The Hall–Kier alpha value is -3.45. The topological polar surface area (TPSA) is 73.0 Å². The fourth-order valence-corrected chi connectivity index (χ4v) is 5.49. The lowest BCUT2D eigenvalue weighted by Crippen LogP contribution is -2.30. The van der Waals surface area contributed by atoms with E-state index in [-0.39, 0.29) is 17.9 Å². The van der Waals surface area contributed by atoms with E-state index in [4.69, 9.17) is 18.9 Å². The predicted molar refractivity (Wildman–Crippen MR) is 119 cm³/mol. The molecule has 0 bridgehead atoms. The molecule has 7 nitrogen and oxygen atoms in total. The standard InChI is InChI=1S/C25H24N2O5/c1-29-19-10-14-8-17(26-21(14)24(31-3)23(19)30-2)25(28)27-11-15-12-32-22-16-7-5-4-6-13(16)9-18(27)20(15)22/h4-10,15,20,22,26H,11-12H2,1-3H3/t15-,20?,22?/m0/s1. The van der Waals surface area contributed by atoms with Gasteiger partial charge in [-0.15, -0.1) is 0 Å². The van der Waals surface area contributed by atoms with Gasteiger partial charge in [0.2, 0.25) is 5.75 Å². The Bertz CT molecular complexity index is 1280. The second kappa shape index (κ2) is 7.03. The number of likely N-dealkylation sites (tertiary alicyclic amines) is 1. The van der Waals surface area contributed by atoms with Crippen LogP contribution in [-0.2, 0) is 4.74 Å². The molecular formula is C25H24N2O5. The van der Waals surface area contributed by atoms with Crippen LogP contribution in [0.5, 0.6) is 17.2 Å². The third-order valence-electron chi connectivity index (χ3n) is 6.90. The van der Waals surface area contributed by atoms with E-state index in [9.17, 15) is 4.79 Å². The third-order valence-corrected chi connectivity index (χ3v) is 6.90. The average molecular weight is 432 g/mol. The molecule has 1 aromatic heterocycles. The Labute approximate surface area is 185 Å². The normalized spacial score (nSPS) is 23.0. The van der Waals surface area contributed by atoms with E-state index in [1.54, 1.807) is 21.3 Å². The van der Waals surface area contributed by atoms with Crippen molar-refractivity contribution >= 4 is 22.9 Å². The van der Waals surface area contributed by atoms with Crippen LogP contribution in [0.1, 0.15) is 27.7 Å². The number of aromatic nitrogens is 1. The van der Waals surface area contributed by atoms with Crippen molar-refractivity contribution in [2.24, 2.45) is 11.8 Å². The van der Waals surface area contributed by atoms with Crippen LogP contribution in [0.2, 0.25) is 0 Å². The zero-order chi connectivity index (χ0) is 22.0. The van der Waals surface area contributed by atoms with Crippen LogP contribution in [0.15, 0.2) is 42.1 Å². The van der Waals surface area contributed by atoms with Gasteiger partial charge in [0.05, 0.1) is 39.6 Å². The van der Waals surface area contributed by atoms with Crippen molar-refractivity contribution in [3.63, 3.8) is 0 Å². The van der Waals surface area contributed by atoms with E-state index < -0.39 is 0 Å². The molecule has 1 amide bonds. The number of hydrogen-bond acceptors (Lipinski definition) is 5. The van der Waals surface area contributed by atoms with Gasteiger partial charge >= 0.3 is 0 Å². The molecule has 32 heavy (non-hydrogen) atoms. The number of benzene rings is 2. The van der Waals surface area contributed by atoms with Crippen molar-refractivity contribution in [3.8, 4) is 17.2 Å². The number of ether oxygens (including phenoxy) is 4. The number of nitrogens with zero attached hydrogens (tertiary/aromatic N) is 1. The maximum absolute atomic E-state index is 13.7. The number of carbonyl (C=O) groups excluding carboxylic acids is 1. The zero-order valence-electron chi connectivity index (χ0n) is 18.2. The molecule has 1 N–H and O–H groups in total. The summed E-state index contributed by atoms with van der Waals surface area (Å²) >= 11 is 0. The molecule has 0 radical (unpaired) electrons. The summed E-state index contributed by atoms with van der Waals surface area (Å²) in [6.45, 7) is 1.32. The van der Waals surface area contributed by atoms with E-state index in [1.165, 1.54) is 5.56 Å². The number of nitrogens with one attached hydrogen (secondary N) is 1. The molecule has 7 heteroatoms. The monoisotopic (exact) mass is 432 g/mol. The molecule has 2 aromatic carbocycles. The molecule has 2 unspecified atom stereocenters. The van der Waals surface area contributed by atoms with Gasteiger partial charge in [0.1, 0.15) is 5.69 Å². The number of fused-ring (bicyclic) bond motifs is 3. The number of methoxy groups -OCH3 is 3. The number of hydrogen-bond donors (Lipinski definition) is 1. The quantitative estimate of drug-likeness (QED) is 0.675. The molecule has 2 saturated heterocycles. The van der Waals surface area contributed by atoms with Gasteiger partial charge in [-0.05, 0) is 29.3 Å². The summed E-state index contributed by atoms with van der Waals surface area (Å²) in [4.78, 5) is 18.9. The lowest BCUT2D eigenvalue weighted by Gasteiger charge is -2.29. The van der Waals surface area contributed by atoms with E-state index in [1.807, 2.05) is 29.2 Å². The first kappa shape index (κ1) is 19.3. The Balaban J connectivity index is 1.43. The van der Waals surface area contributed by atoms with Crippen LogP contribution < -0.4 is 14.2 Å². The van der Waals surface area contributed by atoms with Crippen molar-refractivity contribution in [2.45, 2.75) is 6.10 Å². The van der Waals surface area contributed by atoms with Crippen LogP contribution in [-0.4, -0.2) is 50.3 Å². The summed E-state index contributed by atoms with van der Waals surface area (Å²) in [6.07, 6.45) is 2.17. The summed E-state index contributed by atoms with van der Waals surface area (Å²) in [5, 5.41) is 0.825. The second-order valence-electron chi connectivity index (χ2n) is 8.45. The molecule has 2 fully saturated rings. The highest BCUT2D eigenvalue weighted by Crippen LogP contribution is 2.53. The van der Waals surface area contributed by atoms with Crippen molar-refractivity contribution in [2.75, 3.05) is 34.5 Å². The van der Waals surface area contributed by atoms with Gasteiger partial charge in [-0.3, -0.25) is 4.79 Å². The van der Waals surface area contributed by atoms with E-state index in [2.05, 4.69) is 23.2 Å². The second-order valence-corrected chi connectivity index (χ2v) is 8.45. The summed E-state index contributed by atoms with van der Waals surface area (Å²) in [5.41, 5.74) is 4.59. The Morgan fingerprint density at radius 2 is 1.91 bits per heavy atom. The molecule has 1 aliphatic carbocycles. The highest BCUT2D eigenvalue weighted by molar-refractivity contribution is 6.02. The van der Waals surface area contributed by atoms with Crippen LogP contribution in [0, 0.1) is 11.8 Å². The predicted octanol–water partition coefficient (Wildman–Crippen LogP) is 4.01. The molecule has 3 heterocycles. The van der Waals surface area contributed by atoms with Gasteiger partial charge in [0.25, 0.3) is 5.91 Å². The van der Waals surface area contributed by atoms with Crippen molar-refractivity contribution in [1.29, 1.82) is 0 Å². The van der Waals surface area contributed by atoms with E-state index >= 15 is 0 Å². The molecule has 0 spiro atoms. The molecule has 164 valence electrons. The fraction of sp³-hybridized carbons (Fsp3) is 0.320. The minimum absolute atomic E-state index is 0.0188. The molecule has 2 aliphatic heterocycles. The maximum Gasteiger partial charge on any atom is 0.274 e. The SMILES string of the molecule is COc1cc2cc(C(=O)N3C[C@H]4COC5c6ccccc6C=C3C54)[nH]c2c(OC)c1OC. The summed E-state index contributed by atoms with van der Waals surface area (Å²) < 4.78 is 22.7. The first-order valence-corrected chi connectivity index (χ1v) is 10.7. The number of H-pyrrole nitrogens is 1. The van der Waals surface area contributed by atoms with Crippen molar-refractivity contribution < 1.29 is 23.7 Å². The Morgan fingerprint density at radius 1 is 1.09 bits per heavy atom. The smallest absolute Gasteiger partial charge is 0.274 e. The largest absolute Gasteiger partial charge is 0.493 e.